The van der Waals surface area contributed by atoms with Crippen molar-refractivity contribution in [1.29, 1.82) is 0 Å². The summed E-state index contributed by atoms with van der Waals surface area (Å²) in [6, 6.07) is 11.7. The number of hydrogen-bond acceptors (Lipinski definition) is 3. The highest BCUT2D eigenvalue weighted by atomic mass is 19.1. The second-order valence-electron chi connectivity index (χ2n) is 5.41. The van der Waals surface area contributed by atoms with Crippen molar-refractivity contribution in [2.75, 3.05) is 19.0 Å². The maximum Gasteiger partial charge on any atom is 0.248 e. The maximum atomic E-state index is 14.0. The molecule has 2 aromatic carbocycles. The SMILES string of the molecule is CCCCOc1cccc(F)c1NC(=O)/C=C/c1ccc(OC)cc1. The molecule has 0 atom stereocenters. The number of halogens is 1. The molecule has 1 N–H and O–H groups in total. The Kier molecular flexibility index (Phi) is 7.01. The molecule has 1 amide bonds. The number of nitrogens with one attached hydrogen (secondary N) is 1. The molecule has 0 aromatic heterocycles. The standard InChI is InChI=1S/C20H22FNO3/c1-3-4-14-25-18-7-5-6-17(21)20(18)22-19(23)13-10-15-8-11-16(24-2)12-9-15/h5-13H,3-4,14H2,1-2H3,(H,22,23)/b13-10+. The minimum atomic E-state index is -0.528. The number of hydrogen-bond donors (Lipinski definition) is 1. The zero-order chi connectivity index (χ0) is 18.1. The molecule has 0 bridgehead atoms. The molecule has 0 aliphatic rings. The largest absolute Gasteiger partial charge is 0.497 e. The van der Waals surface area contributed by atoms with E-state index in [0.717, 1.165) is 24.2 Å². The van der Waals surface area contributed by atoms with E-state index in [-0.39, 0.29) is 5.69 Å². The molecule has 0 heterocycles. The van der Waals surface area contributed by atoms with Crippen LogP contribution in [0.15, 0.2) is 48.5 Å². The van der Waals surface area contributed by atoms with Crippen molar-refractivity contribution in [3.63, 3.8) is 0 Å². The number of rotatable bonds is 8. The topological polar surface area (TPSA) is 47.6 Å². The van der Waals surface area contributed by atoms with Crippen molar-refractivity contribution in [3.8, 4) is 11.5 Å². The molecule has 132 valence electrons. The molecule has 25 heavy (non-hydrogen) atoms. The molecule has 0 aliphatic carbocycles. The smallest absolute Gasteiger partial charge is 0.248 e. The summed E-state index contributed by atoms with van der Waals surface area (Å²) in [5.74, 6) is 0.114. The molecular formula is C20H22FNO3. The molecular weight excluding hydrogens is 321 g/mol. The van der Waals surface area contributed by atoms with Crippen LogP contribution in [0.25, 0.3) is 6.08 Å². The summed E-state index contributed by atoms with van der Waals surface area (Å²) in [5, 5.41) is 2.55. The Morgan fingerprint density at radius 1 is 1.20 bits per heavy atom. The van der Waals surface area contributed by atoms with Gasteiger partial charge in [-0.3, -0.25) is 4.79 Å². The Hall–Kier alpha value is -2.82. The van der Waals surface area contributed by atoms with E-state index in [4.69, 9.17) is 9.47 Å². The molecule has 0 unspecified atom stereocenters. The highest BCUT2D eigenvalue weighted by molar-refractivity contribution is 6.02. The van der Waals surface area contributed by atoms with Crippen molar-refractivity contribution in [1.82, 2.24) is 0 Å². The number of carbonyl (C=O) groups excluding carboxylic acids is 1. The maximum absolute atomic E-state index is 14.0. The number of amides is 1. The second kappa shape index (κ2) is 9.47. The molecule has 5 heteroatoms. The van der Waals surface area contributed by atoms with E-state index in [9.17, 15) is 9.18 Å². The number of carbonyl (C=O) groups is 1. The lowest BCUT2D eigenvalue weighted by Crippen LogP contribution is -2.11. The van der Waals surface area contributed by atoms with Gasteiger partial charge in [-0.05, 0) is 42.3 Å². The number of ether oxygens (including phenoxy) is 2. The Bertz CT molecular complexity index is 726. The number of anilines is 1. The fourth-order valence-electron chi connectivity index (χ4n) is 2.12. The van der Waals surface area contributed by atoms with Crippen LogP contribution in [0.5, 0.6) is 11.5 Å². The minimum absolute atomic E-state index is 0.0583. The van der Waals surface area contributed by atoms with Gasteiger partial charge in [0, 0.05) is 6.08 Å². The summed E-state index contributed by atoms with van der Waals surface area (Å²) in [6.07, 6.45) is 4.83. The van der Waals surface area contributed by atoms with Gasteiger partial charge in [0.1, 0.15) is 17.2 Å². The predicted octanol–water partition coefficient (Wildman–Crippen LogP) is 4.67. The average molecular weight is 343 g/mol. The predicted molar refractivity (Wildman–Crippen MR) is 97.5 cm³/mol. The summed E-state index contributed by atoms with van der Waals surface area (Å²) in [5.41, 5.74) is 0.895. The molecule has 0 spiro atoms. The fourth-order valence-corrected chi connectivity index (χ4v) is 2.12. The van der Waals surface area contributed by atoms with Crippen LogP contribution in [-0.2, 0) is 4.79 Å². The van der Waals surface area contributed by atoms with Crippen LogP contribution in [0.3, 0.4) is 0 Å². The van der Waals surface area contributed by atoms with Gasteiger partial charge in [0.05, 0.1) is 13.7 Å². The Morgan fingerprint density at radius 2 is 1.96 bits per heavy atom. The first-order valence-corrected chi connectivity index (χ1v) is 8.18. The number of unbranched alkanes of at least 4 members (excludes halogenated alkanes) is 1. The third kappa shape index (κ3) is 5.64. The third-order valence-corrected chi connectivity index (χ3v) is 3.52. The molecule has 4 nitrogen and oxygen atoms in total. The minimum Gasteiger partial charge on any atom is -0.497 e. The van der Waals surface area contributed by atoms with Crippen LogP contribution < -0.4 is 14.8 Å². The van der Waals surface area contributed by atoms with Crippen LogP contribution in [0.4, 0.5) is 10.1 Å². The summed E-state index contributed by atoms with van der Waals surface area (Å²) >= 11 is 0. The monoisotopic (exact) mass is 343 g/mol. The van der Waals surface area contributed by atoms with Gasteiger partial charge < -0.3 is 14.8 Å². The highest BCUT2D eigenvalue weighted by Gasteiger charge is 2.11. The summed E-state index contributed by atoms with van der Waals surface area (Å²) < 4.78 is 24.7. The van der Waals surface area contributed by atoms with Gasteiger partial charge in [0.25, 0.3) is 0 Å². The Balaban J connectivity index is 2.04. The van der Waals surface area contributed by atoms with Crippen molar-refractivity contribution >= 4 is 17.7 Å². The second-order valence-corrected chi connectivity index (χ2v) is 5.41. The van der Waals surface area contributed by atoms with Crippen molar-refractivity contribution in [2.45, 2.75) is 19.8 Å². The quantitative estimate of drug-likeness (QED) is 0.560. The van der Waals surface area contributed by atoms with E-state index >= 15 is 0 Å². The van der Waals surface area contributed by atoms with E-state index < -0.39 is 11.7 Å². The van der Waals surface area contributed by atoms with Gasteiger partial charge in [0.15, 0.2) is 5.82 Å². The third-order valence-electron chi connectivity index (χ3n) is 3.52. The Morgan fingerprint density at radius 3 is 2.64 bits per heavy atom. The van der Waals surface area contributed by atoms with Gasteiger partial charge in [-0.25, -0.2) is 4.39 Å². The van der Waals surface area contributed by atoms with E-state index in [1.54, 1.807) is 37.5 Å². The fraction of sp³-hybridized carbons (Fsp3) is 0.250. The highest BCUT2D eigenvalue weighted by Crippen LogP contribution is 2.27. The molecule has 0 saturated carbocycles. The van der Waals surface area contributed by atoms with Gasteiger partial charge in [-0.1, -0.05) is 31.5 Å². The van der Waals surface area contributed by atoms with E-state index in [1.807, 2.05) is 19.1 Å². The lowest BCUT2D eigenvalue weighted by molar-refractivity contribution is -0.111. The van der Waals surface area contributed by atoms with Gasteiger partial charge in [-0.2, -0.15) is 0 Å². The average Bonchev–Trinajstić information content (AvgIpc) is 2.63. The molecule has 0 fully saturated rings. The van der Waals surface area contributed by atoms with Crippen LogP contribution >= 0.6 is 0 Å². The number of methoxy groups -OCH3 is 1. The van der Waals surface area contributed by atoms with Crippen molar-refractivity contribution < 1.29 is 18.7 Å². The summed E-state index contributed by atoms with van der Waals surface area (Å²) in [6.45, 7) is 2.52. The van der Waals surface area contributed by atoms with Gasteiger partial charge >= 0.3 is 0 Å². The zero-order valence-corrected chi connectivity index (χ0v) is 14.4. The first kappa shape index (κ1) is 18.5. The van der Waals surface area contributed by atoms with Gasteiger partial charge in [-0.15, -0.1) is 0 Å². The van der Waals surface area contributed by atoms with Crippen molar-refractivity contribution in [2.24, 2.45) is 0 Å². The summed E-state index contributed by atoms with van der Waals surface area (Å²) in [7, 11) is 1.59. The van der Waals surface area contributed by atoms with Crippen LogP contribution in [0.1, 0.15) is 25.3 Å². The van der Waals surface area contributed by atoms with Crippen LogP contribution in [0, 0.1) is 5.82 Å². The lowest BCUT2D eigenvalue weighted by atomic mass is 10.2. The number of para-hydroxylation sites is 1. The zero-order valence-electron chi connectivity index (χ0n) is 14.4. The Labute approximate surface area is 147 Å². The van der Waals surface area contributed by atoms with E-state index in [2.05, 4.69) is 5.32 Å². The van der Waals surface area contributed by atoms with E-state index in [0.29, 0.717) is 12.4 Å². The normalized spacial score (nSPS) is 10.7. The molecule has 0 radical (unpaired) electrons. The van der Waals surface area contributed by atoms with Crippen LogP contribution in [-0.4, -0.2) is 19.6 Å². The number of benzene rings is 2. The van der Waals surface area contributed by atoms with Crippen LogP contribution in [0.2, 0.25) is 0 Å². The molecule has 2 aromatic rings. The van der Waals surface area contributed by atoms with Crippen molar-refractivity contribution in [3.05, 3.63) is 59.9 Å². The lowest BCUT2D eigenvalue weighted by Gasteiger charge is -2.12. The van der Waals surface area contributed by atoms with E-state index in [1.165, 1.54) is 12.1 Å². The first-order chi connectivity index (χ1) is 12.1. The molecule has 2 rings (SSSR count). The molecule has 0 saturated heterocycles. The first-order valence-electron chi connectivity index (χ1n) is 8.18. The van der Waals surface area contributed by atoms with Gasteiger partial charge in [0.2, 0.25) is 5.91 Å². The summed E-state index contributed by atoms with van der Waals surface area (Å²) in [4.78, 5) is 12.1. The molecule has 0 aliphatic heterocycles.